The SMILES string of the molecule is COc1ccc2c3c1O[C@H]1C[C@@H](OC(=O)C[C@@H](Cc4ccccc4)C(=O)OC(=O)C(F)(F)F)C=C[C@@]31CCN(C)C2. The molecule has 0 bridgehead atoms. The van der Waals surface area contributed by atoms with Crippen molar-refractivity contribution in [3.8, 4) is 11.5 Å². The summed E-state index contributed by atoms with van der Waals surface area (Å²) < 4.78 is 59.9. The Balaban J connectivity index is 1.32. The Labute approximate surface area is 235 Å². The zero-order chi connectivity index (χ0) is 29.4. The number of ether oxygens (including phenoxy) is 4. The van der Waals surface area contributed by atoms with E-state index >= 15 is 0 Å². The number of carbonyl (C=O) groups excluding carboxylic acids is 3. The van der Waals surface area contributed by atoms with Gasteiger partial charge in [0.25, 0.3) is 0 Å². The minimum Gasteiger partial charge on any atom is -0.493 e. The van der Waals surface area contributed by atoms with E-state index in [-0.39, 0.29) is 12.5 Å². The van der Waals surface area contributed by atoms with Crippen LogP contribution in [0, 0.1) is 5.92 Å². The Bertz CT molecular complexity index is 1360. The zero-order valence-electron chi connectivity index (χ0n) is 22.6. The Kier molecular flexibility index (Phi) is 7.83. The fourth-order valence-corrected chi connectivity index (χ4v) is 5.94. The molecule has 3 aliphatic rings. The number of hydrogen-bond donors (Lipinski definition) is 0. The summed E-state index contributed by atoms with van der Waals surface area (Å²) in [6.45, 7) is 1.58. The topological polar surface area (TPSA) is 91.4 Å². The normalized spacial score (nSPS) is 23.8. The molecule has 0 saturated carbocycles. The van der Waals surface area contributed by atoms with E-state index in [0.717, 1.165) is 30.6 Å². The van der Waals surface area contributed by atoms with Crippen molar-refractivity contribution in [2.75, 3.05) is 20.7 Å². The van der Waals surface area contributed by atoms with Crippen molar-refractivity contribution < 1.29 is 46.5 Å². The molecule has 11 heteroatoms. The first kappa shape index (κ1) is 28.7. The first-order valence-electron chi connectivity index (χ1n) is 13.3. The fourth-order valence-electron chi connectivity index (χ4n) is 5.94. The van der Waals surface area contributed by atoms with Crippen LogP contribution in [0.15, 0.2) is 54.6 Å². The third kappa shape index (κ3) is 5.81. The van der Waals surface area contributed by atoms with E-state index in [9.17, 15) is 27.6 Å². The molecular formula is C30H30F3NO7. The lowest BCUT2D eigenvalue weighted by Gasteiger charge is -2.36. The van der Waals surface area contributed by atoms with Crippen LogP contribution in [-0.2, 0) is 42.2 Å². The van der Waals surface area contributed by atoms with Crippen LogP contribution in [0.5, 0.6) is 11.5 Å². The number of carbonyl (C=O) groups is 3. The Morgan fingerprint density at radius 3 is 2.61 bits per heavy atom. The van der Waals surface area contributed by atoms with E-state index < -0.39 is 47.9 Å². The summed E-state index contributed by atoms with van der Waals surface area (Å²) in [7, 11) is 3.64. The summed E-state index contributed by atoms with van der Waals surface area (Å²) in [4.78, 5) is 39.1. The minimum absolute atomic E-state index is 0.110. The first-order chi connectivity index (χ1) is 19.5. The number of benzene rings is 2. The second kappa shape index (κ2) is 11.2. The van der Waals surface area contributed by atoms with Crippen LogP contribution < -0.4 is 9.47 Å². The molecule has 2 aromatic rings. The van der Waals surface area contributed by atoms with Gasteiger partial charge in [-0.2, -0.15) is 13.2 Å². The molecule has 0 unspecified atom stereocenters. The largest absolute Gasteiger partial charge is 0.493 e. The third-order valence-electron chi connectivity index (χ3n) is 7.91. The molecule has 0 saturated heterocycles. The van der Waals surface area contributed by atoms with Crippen LogP contribution >= 0.6 is 0 Å². The minimum atomic E-state index is -5.34. The van der Waals surface area contributed by atoms with E-state index in [0.29, 0.717) is 23.5 Å². The molecule has 0 fully saturated rings. The molecule has 2 aliphatic heterocycles. The standard InChI is InChI=1S/C30H30F3NO7/c1-34-13-12-29-11-10-21(16-23(29)40-26-22(38-2)9-8-19(17-34)25(26)29)39-24(35)15-20(14-18-6-4-3-5-7-18)27(36)41-28(37)30(31,32)33/h3-11,20-21,23H,12-17H2,1-2H3/t20-,21+,23+,29+/m1/s1. The maximum Gasteiger partial charge on any atom is 0.491 e. The highest BCUT2D eigenvalue weighted by Gasteiger charge is 2.53. The molecule has 41 heavy (non-hydrogen) atoms. The Morgan fingerprint density at radius 1 is 1.15 bits per heavy atom. The summed E-state index contributed by atoms with van der Waals surface area (Å²) >= 11 is 0. The fraction of sp³-hybridized carbons (Fsp3) is 0.433. The molecule has 0 N–H and O–H groups in total. The van der Waals surface area contributed by atoms with Gasteiger partial charge >= 0.3 is 24.1 Å². The molecule has 1 aliphatic carbocycles. The number of hydrogen-bond acceptors (Lipinski definition) is 8. The van der Waals surface area contributed by atoms with Gasteiger partial charge < -0.3 is 23.8 Å². The van der Waals surface area contributed by atoms with E-state index in [2.05, 4.69) is 16.7 Å². The average molecular weight is 574 g/mol. The van der Waals surface area contributed by atoms with E-state index in [1.54, 1.807) is 43.5 Å². The Hall–Kier alpha value is -3.86. The van der Waals surface area contributed by atoms with Gasteiger partial charge in [0.05, 0.1) is 24.9 Å². The lowest BCUT2D eigenvalue weighted by Crippen LogP contribution is -2.44. The van der Waals surface area contributed by atoms with Gasteiger partial charge in [0.2, 0.25) is 0 Å². The lowest BCUT2D eigenvalue weighted by atomic mass is 9.69. The van der Waals surface area contributed by atoms with Crippen LogP contribution in [0.2, 0.25) is 0 Å². The van der Waals surface area contributed by atoms with Crippen LogP contribution in [-0.4, -0.2) is 61.9 Å². The molecule has 0 amide bonds. The summed E-state index contributed by atoms with van der Waals surface area (Å²) in [6.07, 6.45) is -2.09. The average Bonchev–Trinajstić information content (AvgIpc) is 3.19. The van der Waals surface area contributed by atoms with Gasteiger partial charge in [0.15, 0.2) is 11.5 Å². The van der Waals surface area contributed by atoms with Gasteiger partial charge in [0, 0.05) is 18.5 Å². The van der Waals surface area contributed by atoms with Crippen molar-refractivity contribution in [1.29, 1.82) is 0 Å². The molecule has 5 rings (SSSR count). The van der Waals surface area contributed by atoms with E-state index in [1.165, 1.54) is 0 Å². The monoisotopic (exact) mass is 573 g/mol. The van der Waals surface area contributed by atoms with Crippen LogP contribution in [0.1, 0.15) is 36.0 Å². The first-order valence-corrected chi connectivity index (χ1v) is 13.3. The predicted octanol–water partition coefficient (Wildman–Crippen LogP) is 4.28. The van der Waals surface area contributed by atoms with Gasteiger partial charge in [-0.3, -0.25) is 9.59 Å². The van der Waals surface area contributed by atoms with Crippen molar-refractivity contribution in [1.82, 2.24) is 4.90 Å². The van der Waals surface area contributed by atoms with Gasteiger partial charge in [-0.25, -0.2) is 4.79 Å². The number of rotatable bonds is 7. The van der Waals surface area contributed by atoms with Gasteiger partial charge in [-0.1, -0.05) is 42.5 Å². The summed E-state index contributed by atoms with van der Waals surface area (Å²) in [6, 6.07) is 12.3. The lowest BCUT2D eigenvalue weighted by molar-refractivity contribution is -0.203. The summed E-state index contributed by atoms with van der Waals surface area (Å²) in [5, 5.41) is 0. The molecule has 2 heterocycles. The number of methoxy groups -OCH3 is 1. The van der Waals surface area contributed by atoms with Crippen LogP contribution in [0.4, 0.5) is 13.2 Å². The van der Waals surface area contributed by atoms with Crippen molar-refractivity contribution in [2.45, 2.75) is 56.0 Å². The highest BCUT2D eigenvalue weighted by molar-refractivity contribution is 5.91. The number of esters is 3. The molecule has 8 nitrogen and oxygen atoms in total. The van der Waals surface area contributed by atoms with Gasteiger partial charge in [-0.05, 0) is 49.7 Å². The number of alkyl halides is 3. The summed E-state index contributed by atoms with van der Waals surface area (Å²) in [5.41, 5.74) is 2.37. The van der Waals surface area contributed by atoms with E-state index in [4.69, 9.17) is 14.2 Å². The smallest absolute Gasteiger partial charge is 0.491 e. The Morgan fingerprint density at radius 2 is 1.90 bits per heavy atom. The zero-order valence-corrected chi connectivity index (χ0v) is 22.6. The van der Waals surface area contributed by atoms with Gasteiger partial charge in [0.1, 0.15) is 12.2 Å². The molecule has 0 radical (unpaired) electrons. The highest BCUT2D eigenvalue weighted by atomic mass is 19.4. The molecule has 1 spiro atoms. The van der Waals surface area contributed by atoms with Crippen molar-refractivity contribution in [3.63, 3.8) is 0 Å². The predicted molar refractivity (Wildman–Crippen MR) is 139 cm³/mol. The quantitative estimate of drug-likeness (QED) is 0.276. The van der Waals surface area contributed by atoms with Crippen LogP contribution in [0.3, 0.4) is 0 Å². The molecular weight excluding hydrogens is 543 g/mol. The molecule has 0 aromatic heterocycles. The second-order valence-electron chi connectivity index (χ2n) is 10.7. The third-order valence-corrected chi connectivity index (χ3v) is 7.91. The van der Waals surface area contributed by atoms with E-state index in [1.807, 2.05) is 18.2 Å². The molecule has 2 aromatic carbocycles. The molecule has 218 valence electrons. The second-order valence-corrected chi connectivity index (χ2v) is 10.7. The van der Waals surface area contributed by atoms with Crippen LogP contribution in [0.25, 0.3) is 0 Å². The summed E-state index contributed by atoms with van der Waals surface area (Å²) in [5.74, 6) is -4.92. The van der Waals surface area contributed by atoms with Gasteiger partial charge in [-0.15, -0.1) is 0 Å². The number of halogens is 3. The number of nitrogens with zero attached hydrogens (tertiary/aromatic N) is 1. The maximum atomic E-state index is 13.0. The van der Waals surface area contributed by atoms with Crippen molar-refractivity contribution in [3.05, 3.63) is 71.3 Å². The molecule has 4 atom stereocenters. The maximum absolute atomic E-state index is 13.0. The highest BCUT2D eigenvalue weighted by Crippen LogP contribution is 2.55. The van der Waals surface area contributed by atoms with Crippen molar-refractivity contribution in [2.24, 2.45) is 5.92 Å². The van der Waals surface area contributed by atoms with Crippen molar-refractivity contribution >= 4 is 17.9 Å².